The number of ether oxygens (including phenoxy) is 1. The van der Waals surface area contributed by atoms with Crippen LogP contribution in [0.15, 0.2) is 84.9 Å². The quantitative estimate of drug-likeness (QED) is 0.210. The molecule has 1 aliphatic heterocycles. The summed E-state index contributed by atoms with van der Waals surface area (Å²) in [4.78, 5) is 16.4. The van der Waals surface area contributed by atoms with E-state index in [0.29, 0.717) is 29.3 Å². The fourth-order valence-corrected chi connectivity index (χ4v) is 8.26. The van der Waals surface area contributed by atoms with Gasteiger partial charge < -0.3 is 9.64 Å². The third kappa shape index (κ3) is 6.54. The summed E-state index contributed by atoms with van der Waals surface area (Å²) in [7, 11) is -3.99. The molecule has 0 spiro atoms. The van der Waals surface area contributed by atoms with Gasteiger partial charge in [0, 0.05) is 22.0 Å². The average Bonchev–Trinajstić information content (AvgIpc) is 3.79. The van der Waals surface area contributed by atoms with Crippen LogP contribution in [0, 0.1) is 11.7 Å². The van der Waals surface area contributed by atoms with Crippen molar-refractivity contribution in [3.63, 3.8) is 0 Å². The molecular weight excluding hydrogens is 622 g/mol. The average molecular weight is 660 g/mol. The van der Waals surface area contributed by atoms with Crippen molar-refractivity contribution >= 4 is 44.8 Å². The molecule has 3 aromatic carbocycles. The number of nitrogens with one attached hydrogen (secondary N) is 1. The highest BCUT2D eigenvalue weighted by Gasteiger charge is 2.58. The zero-order valence-corrected chi connectivity index (χ0v) is 27.2. The molecule has 10 heteroatoms. The Kier molecular flexibility index (Phi) is 9.75. The summed E-state index contributed by atoms with van der Waals surface area (Å²) in [6.45, 7) is 5.79. The normalized spacial score (nSPS) is 23.0. The molecule has 0 aromatic heterocycles. The zero-order chi connectivity index (χ0) is 31.6. The van der Waals surface area contributed by atoms with Gasteiger partial charge in [0.15, 0.2) is 0 Å². The second-order valence-electron chi connectivity index (χ2n) is 11.7. The molecular formula is C34H37Cl2FN2O4S. The van der Waals surface area contributed by atoms with E-state index in [2.05, 4.69) is 4.72 Å². The van der Waals surface area contributed by atoms with Gasteiger partial charge in [-0.15, -0.1) is 0 Å². The molecule has 5 atom stereocenters. The molecule has 1 saturated carbocycles. The Hall–Kier alpha value is -2.91. The predicted octanol–water partition coefficient (Wildman–Crippen LogP) is 8.50. The van der Waals surface area contributed by atoms with Gasteiger partial charge in [-0.3, -0.25) is 9.52 Å². The summed E-state index contributed by atoms with van der Waals surface area (Å²) in [6.07, 6.45) is 3.93. The van der Waals surface area contributed by atoms with Gasteiger partial charge in [0.1, 0.15) is 18.0 Å². The van der Waals surface area contributed by atoms with Crippen molar-refractivity contribution in [3.8, 4) is 0 Å². The van der Waals surface area contributed by atoms with Crippen LogP contribution in [0.3, 0.4) is 0 Å². The highest BCUT2D eigenvalue weighted by molar-refractivity contribution is 7.94. The molecule has 5 rings (SSSR count). The van der Waals surface area contributed by atoms with Gasteiger partial charge in [0.2, 0.25) is 10.0 Å². The van der Waals surface area contributed by atoms with Crippen LogP contribution in [-0.2, 0) is 19.6 Å². The van der Waals surface area contributed by atoms with Gasteiger partial charge in [-0.1, -0.05) is 85.6 Å². The molecule has 6 nitrogen and oxygen atoms in total. The SMILES string of the molecule is C/C=C/[C@H](C)[C@H]1O[C@H](c2cccc(Cl)c2)[C@@H](c2ccc(Cl)cc2)N([C@@H](CC)CC2(S(=O)(=O)Nc3ccccc3F)CC2)C1=O. The van der Waals surface area contributed by atoms with E-state index in [-0.39, 0.29) is 23.9 Å². The lowest BCUT2D eigenvalue weighted by molar-refractivity contribution is -0.184. The van der Waals surface area contributed by atoms with Gasteiger partial charge in [0.25, 0.3) is 5.91 Å². The maximum atomic E-state index is 14.5. The molecule has 0 bridgehead atoms. The summed E-state index contributed by atoms with van der Waals surface area (Å²) >= 11 is 12.7. The van der Waals surface area contributed by atoms with E-state index < -0.39 is 44.9 Å². The lowest BCUT2D eigenvalue weighted by atomic mass is 9.87. The number of nitrogens with zero attached hydrogens (tertiary/aromatic N) is 1. The topological polar surface area (TPSA) is 75.7 Å². The van der Waals surface area contributed by atoms with E-state index in [1.807, 2.05) is 68.2 Å². The Morgan fingerprint density at radius 2 is 1.75 bits per heavy atom. The van der Waals surface area contributed by atoms with Crippen molar-refractivity contribution in [1.82, 2.24) is 4.90 Å². The molecule has 234 valence electrons. The van der Waals surface area contributed by atoms with Crippen molar-refractivity contribution in [3.05, 3.63) is 112 Å². The van der Waals surface area contributed by atoms with E-state index in [9.17, 15) is 17.6 Å². The third-order valence-electron chi connectivity index (χ3n) is 8.71. The van der Waals surface area contributed by atoms with Crippen LogP contribution in [0.25, 0.3) is 0 Å². The minimum absolute atomic E-state index is 0.0884. The minimum atomic E-state index is -3.99. The number of sulfonamides is 1. The van der Waals surface area contributed by atoms with Gasteiger partial charge in [0.05, 0.1) is 16.5 Å². The Bertz CT molecular complexity index is 1630. The number of hydrogen-bond donors (Lipinski definition) is 1. The Morgan fingerprint density at radius 1 is 1.05 bits per heavy atom. The molecule has 0 unspecified atom stereocenters. The number of benzene rings is 3. The van der Waals surface area contributed by atoms with Gasteiger partial charge in [-0.05, 0) is 80.1 Å². The first-order chi connectivity index (χ1) is 21.0. The van der Waals surface area contributed by atoms with E-state index in [0.717, 1.165) is 11.1 Å². The minimum Gasteiger partial charge on any atom is -0.357 e. The first-order valence-corrected chi connectivity index (χ1v) is 17.1. The number of rotatable bonds is 11. The maximum Gasteiger partial charge on any atom is 0.253 e. The van der Waals surface area contributed by atoms with E-state index in [1.54, 1.807) is 24.3 Å². The molecule has 1 N–H and O–H groups in total. The van der Waals surface area contributed by atoms with Crippen LogP contribution in [-0.4, -0.2) is 36.1 Å². The molecule has 1 aliphatic carbocycles. The number of amides is 1. The number of carbonyl (C=O) groups excluding carboxylic acids is 1. The molecule has 1 amide bonds. The number of allylic oxidation sites excluding steroid dienone is 1. The van der Waals surface area contributed by atoms with Gasteiger partial charge in [-0.2, -0.15) is 0 Å². The third-order valence-corrected chi connectivity index (χ3v) is 11.4. The lowest BCUT2D eigenvalue weighted by Gasteiger charge is -2.49. The first kappa shape index (κ1) is 32.5. The second kappa shape index (κ2) is 13.2. The number of hydrogen-bond acceptors (Lipinski definition) is 4. The molecule has 2 aliphatic rings. The number of morpholine rings is 1. The smallest absolute Gasteiger partial charge is 0.253 e. The standard InChI is InChI=1S/C34H37Cl2FN2O4S/c1-4-9-22(3)31-33(40)39(27(5-2)21-34(18-19-34)44(41,42)38-29-13-7-6-12-28(29)37)30(23-14-16-25(35)17-15-23)32(43-31)24-10-8-11-26(36)20-24/h4,6-17,20,22,27,30-32,38H,5,18-19,21H2,1-3H3/b9-4+/t22-,27-,30+,31+,32+/m0/s1. The van der Waals surface area contributed by atoms with E-state index in [1.165, 1.54) is 18.2 Å². The van der Waals surface area contributed by atoms with Gasteiger partial charge >= 0.3 is 0 Å². The monoisotopic (exact) mass is 658 g/mol. The summed E-state index contributed by atoms with van der Waals surface area (Å²) in [5.41, 5.74) is 1.52. The molecule has 44 heavy (non-hydrogen) atoms. The fraction of sp³-hybridized carbons (Fsp3) is 0.382. The molecule has 0 radical (unpaired) electrons. The highest BCUT2D eigenvalue weighted by atomic mass is 35.5. The Labute approximate surface area is 269 Å². The summed E-state index contributed by atoms with van der Waals surface area (Å²) in [5.74, 6) is -1.10. The zero-order valence-electron chi connectivity index (χ0n) is 24.9. The Morgan fingerprint density at radius 3 is 2.36 bits per heavy atom. The van der Waals surface area contributed by atoms with Gasteiger partial charge in [-0.25, -0.2) is 12.8 Å². The van der Waals surface area contributed by atoms with E-state index >= 15 is 0 Å². The van der Waals surface area contributed by atoms with Crippen LogP contribution < -0.4 is 4.72 Å². The molecule has 1 saturated heterocycles. The van der Waals surface area contributed by atoms with Crippen molar-refractivity contribution in [2.45, 2.75) is 75.5 Å². The van der Waals surface area contributed by atoms with Crippen LogP contribution >= 0.6 is 23.2 Å². The Balaban J connectivity index is 1.59. The number of halogens is 3. The largest absolute Gasteiger partial charge is 0.357 e. The van der Waals surface area contributed by atoms with Crippen LogP contribution in [0.1, 0.15) is 69.7 Å². The maximum absolute atomic E-state index is 14.5. The molecule has 3 aromatic rings. The van der Waals surface area contributed by atoms with Crippen molar-refractivity contribution in [1.29, 1.82) is 0 Å². The molecule has 2 fully saturated rings. The first-order valence-electron chi connectivity index (χ1n) is 14.9. The van der Waals surface area contributed by atoms with Crippen LogP contribution in [0.5, 0.6) is 0 Å². The summed E-state index contributed by atoms with van der Waals surface area (Å²) < 4.78 is 50.0. The van der Waals surface area contributed by atoms with Crippen molar-refractivity contribution in [2.75, 3.05) is 4.72 Å². The number of para-hydroxylation sites is 1. The van der Waals surface area contributed by atoms with Crippen LogP contribution in [0.4, 0.5) is 10.1 Å². The van der Waals surface area contributed by atoms with Crippen molar-refractivity contribution < 1.29 is 22.3 Å². The van der Waals surface area contributed by atoms with Crippen LogP contribution in [0.2, 0.25) is 10.0 Å². The summed E-state index contributed by atoms with van der Waals surface area (Å²) in [6, 6.07) is 19.4. The summed E-state index contributed by atoms with van der Waals surface area (Å²) in [5, 5.41) is 1.09. The van der Waals surface area contributed by atoms with E-state index in [4.69, 9.17) is 27.9 Å². The van der Waals surface area contributed by atoms with Crippen molar-refractivity contribution in [2.24, 2.45) is 5.92 Å². The fourth-order valence-electron chi connectivity index (χ4n) is 6.21. The molecule has 1 heterocycles. The number of anilines is 1. The lowest BCUT2D eigenvalue weighted by Crippen LogP contribution is -2.57. The highest BCUT2D eigenvalue weighted by Crippen LogP contribution is 2.52. The predicted molar refractivity (Wildman–Crippen MR) is 174 cm³/mol. The second-order valence-corrected chi connectivity index (χ2v) is 14.6. The number of carbonyl (C=O) groups is 1.